The normalized spacial score (nSPS) is 11.4. The summed E-state index contributed by atoms with van der Waals surface area (Å²) in [6.07, 6.45) is 0. The number of nitrogen functional groups attached to an aromatic ring is 1. The lowest BCUT2D eigenvalue weighted by Crippen LogP contribution is -2.12. The molecule has 0 spiro atoms. The average Bonchev–Trinajstić information content (AvgIpc) is 2.55. The number of carbonyl (C=O) groups excluding carboxylic acids is 1. The molecule has 0 saturated heterocycles. The number of hydrogen-bond acceptors (Lipinski definition) is 5. The maximum atomic E-state index is 12.3. The highest BCUT2D eigenvalue weighted by molar-refractivity contribution is 7.86. The minimum absolute atomic E-state index is 0.185. The first-order valence-electron chi connectivity index (χ1n) is 7.16. The molecule has 0 atom stereocenters. The van der Waals surface area contributed by atoms with E-state index in [9.17, 15) is 18.3 Å². The number of benzene rings is 3. The number of hydrogen-bond donors (Lipinski definition) is 4. The van der Waals surface area contributed by atoms with Crippen LogP contribution in [0.5, 0.6) is 5.75 Å². The van der Waals surface area contributed by atoms with Crippen molar-refractivity contribution < 1.29 is 22.9 Å². The summed E-state index contributed by atoms with van der Waals surface area (Å²) < 4.78 is 31.7. The minimum Gasteiger partial charge on any atom is -0.506 e. The molecule has 128 valence electrons. The van der Waals surface area contributed by atoms with Crippen LogP contribution in [0, 0.1) is 0 Å². The highest BCUT2D eigenvalue weighted by Crippen LogP contribution is 2.35. The summed E-state index contributed by atoms with van der Waals surface area (Å²) in [7, 11) is -4.56. The average molecular weight is 358 g/mol. The fourth-order valence-corrected chi connectivity index (χ4v) is 3.06. The van der Waals surface area contributed by atoms with Crippen molar-refractivity contribution in [1.29, 1.82) is 0 Å². The van der Waals surface area contributed by atoms with Crippen molar-refractivity contribution in [3.63, 3.8) is 0 Å². The van der Waals surface area contributed by atoms with Crippen LogP contribution >= 0.6 is 0 Å². The van der Waals surface area contributed by atoms with Gasteiger partial charge in [0.05, 0.1) is 0 Å². The number of nitrogens with two attached hydrogens (primary N) is 1. The molecule has 0 aliphatic rings. The van der Waals surface area contributed by atoms with E-state index in [0.717, 1.165) is 6.07 Å². The summed E-state index contributed by atoms with van der Waals surface area (Å²) in [5.41, 5.74) is 6.90. The van der Waals surface area contributed by atoms with E-state index in [1.54, 1.807) is 36.4 Å². The fraction of sp³-hybridized carbons (Fsp3) is 0. The van der Waals surface area contributed by atoms with Gasteiger partial charge in [0.25, 0.3) is 16.0 Å². The van der Waals surface area contributed by atoms with Crippen molar-refractivity contribution in [2.24, 2.45) is 0 Å². The number of carbonyl (C=O) groups is 1. The summed E-state index contributed by atoms with van der Waals surface area (Å²) in [4.78, 5) is 11.7. The quantitative estimate of drug-likeness (QED) is 0.421. The molecule has 25 heavy (non-hydrogen) atoms. The fourth-order valence-electron chi connectivity index (χ4n) is 2.47. The largest absolute Gasteiger partial charge is 0.506 e. The van der Waals surface area contributed by atoms with Gasteiger partial charge in [0, 0.05) is 27.7 Å². The number of phenols is 1. The van der Waals surface area contributed by atoms with Gasteiger partial charge in [-0.1, -0.05) is 18.2 Å². The highest BCUT2D eigenvalue weighted by atomic mass is 32.2. The van der Waals surface area contributed by atoms with Gasteiger partial charge in [-0.15, -0.1) is 0 Å². The molecule has 0 heterocycles. The number of nitrogens with one attached hydrogen (secondary N) is 1. The van der Waals surface area contributed by atoms with Gasteiger partial charge in [-0.3, -0.25) is 9.35 Å². The Morgan fingerprint density at radius 2 is 1.64 bits per heavy atom. The monoisotopic (exact) mass is 358 g/mol. The highest BCUT2D eigenvalue weighted by Gasteiger charge is 2.19. The Hall–Kier alpha value is -3.10. The van der Waals surface area contributed by atoms with Crippen LogP contribution in [-0.2, 0) is 10.1 Å². The van der Waals surface area contributed by atoms with Crippen LogP contribution in [0.3, 0.4) is 0 Å². The maximum absolute atomic E-state index is 12.3. The first kappa shape index (κ1) is 16.7. The standard InChI is InChI=1S/C17H14N2O5S/c18-11-6-4-10(5-7-11)17(21)19-14-3-1-2-13-12(14)8-9-15(16(13)20)25(22,23)24/h1-9,20H,18H2,(H,19,21)(H,22,23,24). The number of aromatic hydroxyl groups is 1. The molecule has 1 amide bonds. The van der Waals surface area contributed by atoms with E-state index in [0.29, 0.717) is 22.3 Å². The maximum Gasteiger partial charge on any atom is 0.298 e. The zero-order valence-corrected chi connectivity index (χ0v) is 13.6. The molecule has 7 nitrogen and oxygen atoms in total. The third-order valence-electron chi connectivity index (χ3n) is 3.69. The lowest BCUT2D eigenvalue weighted by molar-refractivity contribution is 0.102. The van der Waals surface area contributed by atoms with Crippen LogP contribution in [-0.4, -0.2) is 24.0 Å². The minimum atomic E-state index is -4.56. The molecule has 8 heteroatoms. The molecule has 0 aliphatic heterocycles. The molecular formula is C17H14N2O5S. The number of phenolic OH excluding ortho intramolecular Hbond substituents is 1. The Morgan fingerprint density at radius 3 is 2.28 bits per heavy atom. The first-order chi connectivity index (χ1) is 11.8. The molecule has 0 fully saturated rings. The topological polar surface area (TPSA) is 130 Å². The van der Waals surface area contributed by atoms with Crippen molar-refractivity contribution in [2.75, 3.05) is 11.1 Å². The Labute approximate surface area is 143 Å². The molecule has 0 aliphatic carbocycles. The van der Waals surface area contributed by atoms with Gasteiger partial charge < -0.3 is 16.2 Å². The molecule has 5 N–H and O–H groups in total. The van der Waals surface area contributed by atoms with Crippen LogP contribution in [0.15, 0.2) is 59.5 Å². The van der Waals surface area contributed by atoms with Gasteiger partial charge in [0.2, 0.25) is 0 Å². The van der Waals surface area contributed by atoms with E-state index in [2.05, 4.69) is 5.32 Å². The van der Waals surface area contributed by atoms with E-state index >= 15 is 0 Å². The van der Waals surface area contributed by atoms with Crippen molar-refractivity contribution in [3.8, 4) is 5.75 Å². The van der Waals surface area contributed by atoms with Crippen molar-refractivity contribution in [3.05, 3.63) is 60.2 Å². The van der Waals surface area contributed by atoms with Crippen LogP contribution < -0.4 is 11.1 Å². The second kappa shape index (κ2) is 6.08. The number of fused-ring (bicyclic) bond motifs is 1. The summed E-state index contributed by atoms with van der Waals surface area (Å²) in [6.45, 7) is 0. The summed E-state index contributed by atoms with van der Waals surface area (Å²) in [5.74, 6) is -0.963. The SMILES string of the molecule is Nc1ccc(C(=O)Nc2cccc3c(O)c(S(=O)(=O)O)ccc23)cc1. The molecule has 0 bridgehead atoms. The molecule has 3 rings (SSSR count). The van der Waals surface area contributed by atoms with E-state index in [-0.39, 0.29) is 11.3 Å². The Balaban J connectivity index is 2.04. The van der Waals surface area contributed by atoms with Crippen molar-refractivity contribution >= 4 is 38.2 Å². The zero-order valence-electron chi connectivity index (χ0n) is 12.8. The van der Waals surface area contributed by atoms with Gasteiger partial charge in [0.1, 0.15) is 10.6 Å². The van der Waals surface area contributed by atoms with Crippen molar-refractivity contribution in [2.45, 2.75) is 4.90 Å². The Kier molecular flexibility index (Phi) is 4.07. The van der Waals surface area contributed by atoms with Crippen LogP contribution in [0.25, 0.3) is 10.8 Å². The smallest absolute Gasteiger partial charge is 0.298 e. The van der Waals surface area contributed by atoms with Gasteiger partial charge in [-0.2, -0.15) is 8.42 Å². The number of amides is 1. The third-order valence-corrected chi connectivity index (χ3v) is 4.58. The predicted molar refractivity (Wildman–Crippen MR) is 94.2 cm³/mol. The van der Waals surface area contributed by atoms with Gasteiger partial charge in [0.15, 0.2) is 0 Å². The lowest BCUT2D eigenvalue weighted by atomic mass is 10.1. The van der Waals surface area contributed by atoms with Crippen molar-refractivity contribution in [1.82, 2.24) is 0 Å². The summed E-state index contributed by atoms with van der Waals surface area (Å²) in [5, 5.41) is 13.4. The van der Waals surface area contributed by atoms with E-state index in [4.69, 9.17) is 10.3 Å². The van der Waals surface area contributed by atoms with E-state index in [1.165, 1.54) is 12.1 Å². The van der Waals surface area contributed by atoms with Gasteiger partial charge in [-0.05, 0) is 36.4 Å². The molecule has 0 aromatic heterocycles. The summed E-state index contributed by atoms with van der Waals surface area (Å²) in [6, 6.07) is 13.5. The van der Waals surface area contributed by atoms with E-state index < -0.39 is 20.8 Å². The molecular weight excluding hydrogens is 344 g/mol. The molecule has 3 aromatic carbocycles. The number of anilines is 2. The molecule has 0 unspecified atom stereocenters. The molecule has 0 radical (unpaired) electrons. The van der Waals surface area contributed by atoms with Crippen LogP contribution in [0.4, 0.5) is 11.4 Å². The third kappa shape index (κ3) is 3.25. The number of rotatable bonds is 3. The predicted octanol–water partition coefficient (Wildman–Crippen LogP) is 2.63. The second-order valence-electron chi connectivity index (χ2n) is 5.36. The van der Waals surface area contributed by atoms with Gasteiger partial charge >= 0.3 is 0 Å². The van der Waals surface area contributed by atoms with Crippen LogP contribution in [0.1, 0.15) is 10.4 Å². The first-order valence-corrected chi connectivity index (χ1v) is 8.60. The second-order valence-corrected chi connectivity index (χ2v) is 6.75. The molecule has 3 aromatic rings. The molecule has 0 saturated carbocycles. The zero-order chi connectivity index (χ0) is 18.2. The lowest BCUT2D eigenvalue weighted by Gasteiger charge is -2.11. The van der Waals surface area contributed by atoms with E-state index in [1.807, 2.05) is 0 Å². The summed E-state index contributed by atoms with van der Waals surface area (Å²) >= 11 is 0. The van der Waals surface area contributed by atoms with Crippen LogP contribution in [0.2, 0.25) is 0 Å². The Bertz CT molecular complexity index is 1080. The van der Waals surface area contributed by atoms with Gasteiger partial charge in [-0.25, -0.2) is 0 Å². The Morgan fingerprint density at radius 1 is 0.960 bits per heavy atom.